The van der Waals surface area contributed by atoms with Gasteiger partial charge in [0.2, 0.25) is 29.5 Å². The zero-order valence-corrected chi connectivity index (χ0v) is 42.7. The van der Waals surface area contributed by atoms with Crippen molar-refractivity contribution < 1.29 is 37.8 Å². The summed E-state index contributed by atoms with van der Waals surface area (Å²) in [5.74, 6) is -2.37. The molecule has 20 nitrogen and oxygen atoms in total. The average Bonchev–Trinajstić information content (AvgIpc) is 4.19. The molecule has 7 heterocycles. The van der Waals surface area contributed by atoms with Gasteiger partial charge in [0.05, 0.1) is 35.9 Å². The van der Waals surface area contributed by atoms with E-state index in [0.29, 0.717) is 40.5 Å². The molecule has 390 valence electrons. The molecular weight excluding hydrogens is 975 g/mol. The number of unbranched alkanes of at least 4 members (excludes halogenated alkanes) is 1. The summed E-state index contributed by atoms with van der Waals surface area (Å²) in [7, 11) is 0. The number of anilines is 2. The number of aliphatic hydroxyl groups excluding tert-OH is 1. The van der Waals surface area contributed by atoms with E-state index in [1.807, 2.05) is 20.8 Å². The van der Waals surface area contributed by atoms with Crippen molar-refractivity contribution in [1.82, 2.24) is 55.2 Å². The number of aromatic nitrogens is 8. The number of β-amino-alcohol motifs (C(OH)–C–C–N with tert-alkyl or cyclic N) is 1. The molecule has 0 spiro atoms. The van der Waals surface area contributed by atoms with E-state index in [1.54, 1.807) is 18.5 Å². The van der Waals surface area contributed by atoms with Crippen LogP contribution in [0.1, 0.15) is 113 Å². The van der Waals surface area contributed by atoms with Crippen molar-refractivity contribution in [3.63, 3.8) is 0 Å². The second-order valence-corrected chi connectivity index (χ2v) is 21.0. The van der Waals surface area contributed by atoms with Crippen molar-refractivity contribution in [2.45, 2.75) is 115 Å². The van der Waals surface area contributed by atoms with Crippen molar-refractivity contribution in [2.24, 2.45) is 5.92 Å². The molecule has 2 saturated heterocycles. The number of nitriles is 1. The van der Waals surface area contributed by atoms with Gasteiger partial charge in [-0.2, -0.15) is 10.2 Å². The number of hydrogen-bond donors (Lipinski definition) is 4. The lowest BCUT2D eigenvalue weighted by Crippen LogP contribution is -2.49. The fraction of sp³-hybridized carbons (Fsp3) is 0.490. The monoisotopic (exact) mass is 1030 g/mol. The molecule has 2 aliphatic heterocycles. The van der Waals surface area contributed by atoms with Crippen LogP contribution >= 0.6 is 11.3 Å². The molecule has 5 aromatic heterocycles. The third-order valence-electron chi connectivity index (χ3n) is 14.3. The molecule has 1 aromatic carbocycles. The van der Waals surface area contributed by atoms with Crippen LogP contribution in [0.2, 0.25) is 0 Å². The summed E-state index contributed by atoms with van der Waals surface area (Å²) in [6.45, 7) is 13.0. The normalized spacial score (nSPS) is 21.0. The fourth-order valence-corrected chi connectivity index (χ4v) is 11.8. The number of hydrogen-bond acceptors (Lipinski definition) is 18. The first-order chi connectivity index (χ1) is 35.6. The van der Waals surface area contributed by atoms with Crippen molar-refractivity contribution in [3.05, 3.63) is 88.0 Å². The number of pyridine rings is 1. The number of nitrogen functional groups attached to an aromatic ring is 1. The number of nitrogens with zero attached hydrogens (tertiary/aromatic N) is 12. The maximum atomic E-state index is 15.4. The molecule has 2 fully saturated rings. The number of phenolic OH excluding ortho intramolecular Hbond substituents is 1. The van der Waals surface area contributed by atoms with Crippen molar-refractivity contribution in [2.75, 3.05) is 50.0 Å². The molecule has 0 saturated carbocycles. The van der Waals surface area contributed by atoms with Gasteiger partial charge in [-0.25, -0.2) is 23.4 Å². The Hall–Kier alpha value is -7.16. The minimum Gasteiger partial charge on any atom is -0.505 e. The zero-order chi connectivity index (χ0) is 52.4. The number of aryl methyl sites for hydroxylation is 1. The molecule has 23 heteroatoms. The number of aromatic hydroxyl groups is 1. The topological polar surface area (TPSA) is 264 Å². The van der Waals surface area contributed by atoms with E-state index in [0.717, 1.165) is 81.2 Å². The Morgan fingerprint density at radius 2 is 1.92 bits per heavy atom. The Labute approximate surface area is 430 Å². The lowest BCUT2D eigenvalue weighted by molar-refractivity contribution is -0.142. The second-order valence-electron chi connectivity index (χ2n) is 19.9. The number of benzene rings is 1. The highest BCUT2D eigenvalue weighted by Gasteiger charge is 2.45. The Kier molecular flexibility index (Phi) is 15.2. The number of thiophene rings is 1. The number of likely N-dealkylation sites (tertiary alicyclic amines) is 1. The Morgan fingerprint density at radius 3 is 2.70 bits per heavy atom. The van der Waals surface area contributed by atoms with Gasteiger partial charge >= 0.3 is 0 Å². The number of fused-ring (bicyclic) bond motifs is 1. The third-order valence-corrected chi connectivity index (χ3v) is 15.4. The lowest BCUT2D eigenvalue weighted by atomic mass is 9.72. The number of ether oxygens (including phenoxy) is 1. The van der Waals surface area contributed by atoms with Gasteiger partial charge in [-0.05, 0) is 103 Å². The summed E-state index contributed by atoms with van der Waals surface area (Å²) in [5.41, 5.74) is 7.06. The number of phenols is 1. The fourth-order valence-electron chi connectivity index (χ4n) is 10.6. The van der Waals surface area contributed by atoms with Crippen molar-refractivity contribution in [1.29, 1.82) is 5.26 Å². The number of aliphatic hydroxyl groups is 1. The summed E-state index contributed by atoms with van der Waals surface area (Å²) in [4.78, 5) is 53.3. The van der Waals surface area contributed by atoms with Gasteiger partial charge in [0.25, 0.3) is 5.88 Å². The van der Waals surface area contributed by atoms with Crippen LogP contribution in [0.3, 0.4) is 0 Å². The van der Waals surface area contributed by atoms with E-state index in [4.69, 9.17) is 25.0 Å². The highest BCUT2D eigenvalue weighted by molar-refractivity contribution is 7.16. The molecule has 0 bridgehead atoms. The smallest absolute Gasteiger partial charge is 0.253 e. The first-order valence-electron chi connectivity index (χ1n) is 25.0. The van der Waals surface area contributed by atoms with E-state index in [-0.39, 0.29) is 47.6 Å². The van der Waals surface area contributed by atoms with Gasteiger partial charge < -0.3 is 45.2 Å². The van der Waals surface area contributed by atoms with Gasteiger partial charge in [-0.15, -0.1) is 11.3 Å². The summed E-state index contributed by atoms with van der Waals surface area (Å²) in [5, 5.41) is 47.4. The SMILES string of the molecule is CC(C)[C@@H](C(=O)N1C[C@H](O)C[C@H]1C(=O)N[C@@H](C)c1ccc(-c2ncccc2F)c(F)c1O)n1cc(OCCCCN2CCCN(c3nccc(-c4noc([C@@]5(C)CCCc6sc(N)c(C#N)c65)n4)n3)[C@@H](C)C2)nn1. The van der Waals surface area contributed by atoms with Crippen molar-refractivity contribution >= 4 is 34.1 Å². The Balaban J connectivity index is 0.758. The first kappa shape index (κ1) is 51.7. The third kappa shape index (κ3) is 10.3. The lowest BCUT2D eigenvalue weighted by Gasteiger charge is -2.30. The molecule has 6 atom stereocenters. The summed E-state index contributed by atoms with van der Waals surface area (Å²) < 4.78 is 43.0. The highest BCUT2D eigenvalue weighted by Crippen LogP contribution is 2.48. The van der Waals surface area contributed by atoms with Crippen LogP contribution in [-0.2, 0) is 21.4 Å². The standard InChI is InChI=1S/C51H60F2N14O6S/c1-28(2)43(48(71)66-26-31(68)23-37(66)47(70)58-30(4)32-13-14-33(41(53)44(32)69)42-35(52)11-9-17-56-42)67-27-39(61-63-67)72-22-7-6-19-64-20-10-21-65(29(3)25-64)50-57-18-15-36(59-50)46-60-49(73-62-46)51(5)16-8-12-38-40(51)34(24-54)45(55)74-38/h9,11,13-15,17-18,27-31,37,43,68-69H,6-8,10,12,16,19-23,25-26,55H2,1-5H3,(H,58,70)/t29-,30-,31+,37-,43-,51-/m0/s1. The van der Waals surface area contributed by atoms with Crippen LogP contribution in [-0.4, -0.2) is 129 Å². The van der Waals surface area contributed by atoms with E-state index >= 15 is 4.39 Å². The largest absolute Gasteiger partial charge is 0.505 e. The molecule has 1 aliphatic carbocycles. The van der Waals surface area contributed by atoms with E-state index in [2.05, 4.69) is 53.5 Å². The molecule has 0 unspecified atom stereocenters. The predicted octanol–water partition coefficient (Wildman–Crippen LogP) is 6.12. The van der Waals surface area contributed by atoms with Gasteiger partial charge in [0.15, 0.2) is 11.6 Å². The van der Waals surface area contributed by atoms with Gasteiger partial charge in [0, 0.05) is 66.1 Å². The highest BCUT2D eigenvalue weighted by atomic mass is 32.1. The van der Waals surface area contributed by atoms with Crippen LogP contribution in [0.25, 0.3) is 22.8 Å². The number of amides is 2. The van der Waals surface area contributed by atoms with Crippen molar-refractivity contribution in [3.8, 4) is 40.5 Å². The van der Waals surface area contributed by atoms with Crippen LogP contribution in [0.4, 0.5) is 19.7 Å². The second kappa shape index (κ2) is 21.7. The zero-order valence-electron chi connectivity index (χ0n) is 41.9. The number of rotatable bonds is 16. The maximum absolute atomic E-state index is 15.4. The minimum atomic E-state index is -1.10. The molecule has 3 aliphatic rings. The van der Waals surface area contributed by atoms with Gasteiger partial charge in [-0.3, -0.25) is 14.6 Å². The quantitative estimate of drug-likeness (QED) is 0.0796. The van der Waals surface area contributed by atoms with Crippen LogP contribution in [0.5, 0.6) is 11.6 Å². The van der Waals surface area contributed by atoms with E-state index in [9.17, 15) is 29.5 Å². The molecule has 9 rings (SSSR count). The summed E-state index contributed by atoms with van der Waals surface area (Å²) in [6.07, 6.45) is 8.59. The number of nitrogens with two attached hydrogens (primary N) is 1. The number of nitrogens with one attached hydrogen (secondary N) is 1. The van der Waals surface area contributed by atoms with Crippen LogP contribution < -0.4 is 20.7 Å². The van der Waals surface area contributed by atoms with E-state index < -0.39 is 58.8 Å². The molecule has 5 N–H and O–H groups in total. The predicted molar refractivity (Wildman–Crippen MR) is 269 cm³/mol. The molecule has 2 amide bonds. The number of halogens is 2. The van der Waals surface area contributed by atoms with Crippen LogP contribution in [0.15, 0.2) is 53.4 Å². The molecule has 74 heavy (non-hydrogen) atoms. The minimum absolute atomic E-state index is 0.0325. The van der Waals surface area contributed by atoms with Gasteiger partial charge in [-0.1, -0.05) is 35.4 Å². The van der Waals surface area contributed by atoms with E-state index in [1.165, 1.54) is 52.2 Å². The molecular formula is C51H60F2N14O6S. The number of carbonyl (C=O) groups excluding carboxylic acids is 2. The summed E-state index contributed by atoms with van der Waals surface area (Å²) in [6, 6.07) is 6.44. The van der Waals surface area contributed by atoms with Crippen LogP contribution in [0, 0.1) is 28.9 Å². The number of carbonyl (C=O) groups is 2. The first-order valence-corrected chi connectivity index (χ1v) is 25.8. The molecule has 6 aromatic rings. The Morgan fingerprint density at radius 1 is 1.09 bits per heavy atom. The average molecular weight is 1040 g/mol. The van der Waals surface area contributed by atoms with Gasteiger partial charge in [0.1, 0.15) is 40.4 Å². The Bertz CT molecular complexity index is 3050. The maximum Gasteiger partial charge on any atom is 0.253 e. The molecule has 0 radical (unpaired) electrons. The summed E-state index contributed by atoms with van der Waals surface area (Å²) >= 11 is 1.46.